The summed E-state index contributed by atoms with van der Waals surface area (Å²) in [6.07, 6.45) is 2.77. The molecule has 0 saturated heterocycles. The van der Waals surface area contributed by atoms with Crippen LogP contribution in [0.3, 0.4) is 0 Å². The zero-order valence-corrected chi connectivity index (χ0v) is 15.8. The van der Waals surface area contributed by atoms with Gasteiger partial charge in [0.15, 0.2) is 11.5 Å². The van der Waals surface area contributed by atoms with E-state index < -0.39 is 11.4 Å². The lowest BCUT2D eigenvalue weighted by molar-refractivity contribution is 0.0738. The molecule has 4 rings (SSSR count). The highest BCUT2D eigenvalue weighted by Gasteiger charge is 2.19. The van der Waals surface area contributed by atoms with Gasteiger partial charge in [-0.3, -0.25) is 4.57 Å². The maximum Gasteiger partial charge on any atom is 0.229 e. The molecule has 7 heteroatoms. The molecule has 0 atom stereocenters. The number of benzene rings is 1. The first kappa shape index (κ1) is 18.1. The van der Waals surface area contributed by atoms with Crippen LogP contribution in [0.15, 0.2) is 54.9 Å². The molecular weight excluding hydrogens is 357 g/mol. The van der Waals surface area contributed by atoms with Crippen molar-refractivity contribution in [1.29, 1.82) is 0 Å². The summed E-state index contributed by atoms with van der Waals surface area (Å²) in [6.45, 7) is 5.31. The van der Waals surface area contributed by atoms with Gasteiger partial charge in [0.1, 0.15) is 11.4 Å². The van der Waals surface area contributed by atoms with Gasteiger partial charge in [0.25, 0.3) is 0 Å². The molecule has 28 heavy (non-hydrogen) atoms. The van der Waals surface area contributed by atoms with Crippen LogP contribution in [0.1, 0.15) is 25.1 Å². The summed E-state index contributed by atoms with van der Waals surface area (Å²) in [7, 11) is 0. The number of anilines is 2. The van der Waals surface area contributed by atoms with E-state index in [9.17, 15) is 9.50 Å². The van der Waals surface area contributed by atoms with Crippen LogP contribution in [0.2, 0.25) is 0 Å². The van der Waals surface area contributed by atoms with Crippen molar-refractivity contribution in [2.24, 2.45) is 0 Å². The van der Waals surface area contributed by atoms with Crippen molar-refractivity contribution in [2.75, 3.05) is 5.32 Å². The molecular formula is C21H20FN5O. The van der Waals surface area contributed by atoms with Crippen molar-refractivity contribution < 1.29 is 9.50 Å². The van der Waals surface area contributed by atoms with E-state index >= 15 is 0 Å². The number of rotatable bonds is 4. The van der Waals surface area contributed by atoms with Crippen LogP contribution in [-0.4, -0.2) is 24.6 Å². The Morgan fingerprint density at radius 3 is 2.54 bits per heavy atom. The minimum atomic E-state index is -1.11. The molecule has 0 aliphatic heterocycles. The molecule has 142 valence electrons. The second-order valence-electron chi connectivity index (χ2n) is 7.21. The highest BCUT2D eigenvalue weighted by atomic mass is 19.1. The Bertz CT molecular complexity index is 1150. The average Bonchev–Trinajstić information content (AvgIpc) is 2.99. The van der Waals surface area contributed by atoms with Crippen LogP contribution < -0.4 is 5.32 Å². The molecule has 3 heterocycles. The third-order valence-electron chi connectivity index (χ3n) is 4.41. The normalized spacial score (nSPS) is 11.8. The zero-order valence-electron chi connectivity index (χ0n) is 15.8. The van der Waals surface area contributed by atoms with Crippen LogP contribution in [-0.2, 0) is 5.60 Å². The van der Waals surface area contributed by atoms with E-state index in [1.54, 1.807) is 36.6 Å². The van der Waals surface area contributed by atoms with Gasteiger partial charge >= 0.3 is 0 Å². The summed E-state index contributed by atoms with van der Waals surface area (Å²) >= 11 is 0. The van der Waals surface area contributed by atoms with Crippen molar-refractivity contribution >= 4 is 22.7 Å². The van der Waals surface area contributed by atoms with Crippen molar-refractivity contribution in [3.8, 4) is 5.82 Å². The number of nitrogens with one attached hydrogen (secondary N) is 1. The van der Waals surface area contributed by atoms with E-state index in [2.05, 4.69) is 20.3 Å². The fraction of sp³-hybridized carbons (Fsp3) is 0.190. The standard InChI is InChI=1S/C21H20FN5O/c1-13-7-9-14(10-8-13)24-20-23-11-15-16(22)12-27(19(15)26-20)18-6-4-5-17(25-18)21(2,3)28/h4-12,28H,1-3H3,(H,23,24,26). The van der Waals surface area contributed by atoms with Gasteiger partial charge < -0.3 is 10.4 Å². The van der Waals surface area contributed by atoms with Gasteiger partial charge in [0.2, 0.25) is 5.95 Å². The lowest BCUT2D eigenvalue weighted by Gasteiger charge is -2.17. The lowest BCUT2D eigenvalue weighted by Crippen LogP contribution is -2.18. The summed E-state index contributed by atoms with van der Waals surface area (Å²) in [5.74, 6) is 0.384. The number of aliphatic hydroxyl groups is 1. The van der Waals surface area contributed by atoms with Crippen molar-refractivity contribution in [3.05, 3.63) is 71.9 Å². The molecule has 1 aromatic carbocycles. The van der Waals surface area contributed by atoms with Gasteiger partial charge in [0.05, 0.1) is 11.1 Å². The number of pyridine rings is 1. The van der Waals surface area contributed by atoms with Crippen LogP contribution in [0, 0.1) is 12.7 Å². The van der Waals surface area contributed by atoms with E-state index in [0.717, 1.165) is 11.3 Å². The SMILES string of the molecule is Cc1ccc(Nc2ncc3c(F)cn(-c4cccc(C(C)(C)O)n4)c3n2)cc1. The first-order valence-corrected chi connectivity index (χ1v) is 8.89. The highest BCUT2D eigenvalue weighted by Crippen LogP contribution is 2.25. The molecule has 0 radical (unpaired) electrons. The van der Waals surface area contributed by atoms with Gasteiger partial charge in [0, 0.05) is 18.1 Å². The predicted molar refractivity (Wildman–Crippen MR) is 106 cm³/mol. The number of aryl methyl sites for hydroxylation is 1. The predicted octanol–water partition coefficient (Wildman–Crippen LogP) is 4.23. The number of aromatic nitrogens is 4. The topological polar surface area (TPSA) is 75.9 Å². The molecule has 0 saturated carbocycles. The Kier molecular flexibility index (Phi) is 4.31. The first-order chi connectivity index (χ1) is 13.3. The molecule has 6 nitrogen and oxygen atoms in total. The molecule has 0 aliphatic carbocycles. The van der Waals surface area contributed by atoms with E-state index in [0.29, 0.717) is 28.5 Å². The van der Waals surface area contributed by atoms with Crippen LogP contribution in [0.25, 0.3) is 16.9 Å². The fourth-order valence-corrected chi connectivity index (χ4v) is 2.87. The zero-order chi connectivity index (χ0) is 19.9. The number of nitrogens with zero attached hydrogens (tertiary/aromatic N) is 4. The average molecular weight is 377 g/mol. The third kappa shape index (κ3) is 3.44. The Balaban J connectivity index is 1.78. The molecule has 0 aliphatic rings. The monoisotopic (exact) mass is 377 g/mol. The molecule has 4 aromatic rings. The first-order valence-electron chi connectivity index (χ1n) is 8.89. The summed E-state index contributed by atoms with van der Waals surface area (Å²) in [6, 6.07) is 13.1. The van der Waals surface area contributed by atoms with Crippen LogP contribution >= 0.6 is 0 Å². The van der Waals surface area contributed by atoms with Crippen molar-refractivity contribution in [1.82, 2.24) is 19.5 Å². The summed E-state index contributed by atoms with van der Waals surface area (Å²) < 4.78 is 16.0. The number of halogens is 1. The summed E-state index contributed by atoms with van der Waals surface area (Å²) in [5.41, 5.74) is 1.76. The molecule has 2 N–H and O–H groups in total. The van der Waals surface area contributed by atoms with Crippen molar-refractivity contribution in [3.63, 3.8) is 0 Å². The van der Waals surface area contributed by atoms with E-state index in [-0.39, 0.29) is 0 Å². The molecule has 0 spiro atoms. The minimum Gasteiger partial charge on any atom is -0.384 e. The lowest BCUT2D eigenvalue weighted by atomic mass is 10.1. The Labute approximate surface area is 161 Å². The number of hydrogen-bond donors (Lipinski definition) is 2. The number of hydrogen-bond acceptors (Lipinski definition) is 5. The second kappa shape index (κ2) is 6.69. The van der Waals surface area contributed by atoms with Gasteiger partial charge in [-0.15, -0.1) is 0 Å². The third-order valence-corrected chi connectivity index (χ3v) is 4.41. The fourth-order valence-electron chi connectivity index (χ4n) is 2.87. The number of fused-ring (bicyclic) bond motifs is 1. The molecule has 0 unspecified atom stereocenters. The quantitative estimate of drug-likeness (QED) is 0.556. The molecule has 3 aromatic heterocycles. The summed E-state index contributed by atoms with van der Waals surface area (Å²) in [5, 5.41) is 13.6. The maximum absolute atomic E-state index is 14.4. The van der Waals surface area contributed by atoms with E-state index in [4.69, 9.17) is 0 Å². The van der Waals surface area contributed by atoms with Crippen molar-refractivity contribution in [2.45, 2.75) is 26.4 Å². The Morgan fingerprint density at radius 2 is 1.82 bits per heavy atom. The second-order valence-corrected chi connectivity index (χ2v) is 7.21. The molecule has 0 amide bonds. The van der Waals surface area contributed by atoms with Gasteiger partial charge in [-0.05, 0) is 45.0 Å². The minimum absolute atomic E-state index is 0.296. The Hall–Kier alpha value is -3.32. The van der Waals surface area contributed by atoms with Gasteiger partial charge in [-0.1, -0.05) is 23.8 Å². The van der Waals surface area contributed by atoms with E-state index in [1.165, 1.54) is 12.4 Å². The smallest absolute Gasteiger partial charge is 0.229 e. The molecule has 0 fully saturated rings. The van der Waals surface area contributed by atoms with Gasteiger partial charge in [-0.25, -0.2) is 14.4 Å². The molecule has 0 bridgehead atoms. The maximum atomic E-state index is 14.4. The summed E-state index contributed by atoms with van der Waals surface area (Å²) in [4.78, 5) is 13.2. The largest absolute Gasteiger partial charge is 0.384 e. The van der Waals surface area contributed by atoms with Crippen LogP contribution in [0.5, 0.6) is 0 Å². The Morgan fingerprint density at radius 1 is 1.07 bits per heavy atom. The highest BCUT2D eigenvalue weighted by molar-refractivity contribution is 5.79. The van der Waals surface area contributed by atoms with Gasteiger partial charge in [-0.2, -0.15) is 4.98 Å². The van der Waals surface area contributed by atoms with Crippen LogP contribution in [0.4, 0.5) is 16.0 Å². The van der Waals surface area contributed by atoms with E-state index in [1.807, 2.05) is 31.2 Å².